The second-order valence-corrected chi connectivity index (χ2v) is 7.69. The minimum absolute atomic E-state index is 0.0251. The molecule has 0 aromatic heterocycles. The Labute approximate surface area is 171 Å². The highest BCUT2D eigenvalue weighted by Gasteiger charge is 2.41. The minimum atomic E-state index is -0.622. The summed E-state index contributed by atoms with van der Waals surface area (Å²) in [6.07, 6.45) is 1.20. The third kappa shape index (κ3) is 4.04. The van der Waals surface area contributed by atoms with Gasteiger partial charge >= 0.3 is 0 Å². The van der Waals surface area contributed by atoms with Crippen LogP contribution in [0.1, 0.15) is 36.5 Å². The summed E-state index contributed by atoms with van der Waals surface area (Å²) in [5, 5.41) is 16.0. The van der Waals surface area contributed by atoms with E-state index in [1.165, 1.54) is 0 Å². The van der Waals surface area contributed by atoms with E-state index in [-0.39, 0.29) is 5.91 Å². The van der Waals surface area contributed by atoms with E-state index in [1.807, 2.05) is 72.8 Å². The van der Waals surface area contributed by atoms with Crippen LogP contribution in [-0.2, 0) is 14.9 Å². The summed E-state index contributed by atoms with van der Waals surface area (Å²) in [6, 6.07) is 24.0. The molecule has 1 atom stereocenters. The minimum Gasteiger partial charge on any atom is -0.388 e. The van der Waals surface area contributed by atoms with E-state index in [1.54, 1.807) is 0 Å². The number of hydrogen-bond donors (Lipinski definition) is 2. The van der Waals surface area contributed by atoms with Crippen molar-refractivity contribution in [2.45, 2.75) is 30.8 Å². The Morgan fingerprint density at radius 1 is 0.966 bits per heavy atom. The van der Waals surface area contributed by atoms with Gasteiger partial charge in [0.05, 0.1) is 11.5 Å². The molecule has 0 spiro atoms. The summed E-state index contributed by atoms with van der Waals surface area (Å²) in [7, 11) is 0. The first-order valence-corrected chi connectivity index (χ1v) is 10.3. The van der Waals surface area contributed by atoms with Crippen molar-refractivity contribution in [1.82, 2.24) is 5.32 Å². The topological polar surface area (TPSA) is 58.6 Å². The van der Waals surface area contributed by atoms with Crippen molar-refractivity contribution in [2.24, 2.45) is 0 Å². The van der Waals surface area contributed by atoms with Crippen molar-refractivity contribution >= 4 is 16.7 Å². The number of amides is 1. The van der Waals surface area contributed by atoms with Crippen LogP contribution in [0.3, 0.4) is 0 Å². The van der Waals surface area contributed by atoms with Crippen molar-refractivity contribution in [1.29, 1.82) is 0 Å². The SMILES string of the molecule is O=C(NCCC(O)c1cccc2ccccc12)C1(c2ccccc2)CCOCC1. The van der Waals surface area contributed by atoms with Crippen molar-refractivity contribution in [3.63, 3.8) is 0 Å². The molecule has 1 fully saturated rings. The fraction of sp³-hybridized carbons (Fsp3) is 0.320. The number of aliphatic hydroxyl groups is 1. The van der Waals surface area contributed by atoms with E-state index in [2.05, 4.69) is 5.32 Å². The second kappa shape index (κ2) is 8.76. The van der Waals surface area contributed by atoms with Gasteiger partial charge in [-0.2, -0.15) is 0 Å². The number of ether oxygens (including phenoxy) is 1. The number of benzene rings is 3. The van der Waals surface area contributed by atoms with Crippen LogP contribution in [0.2, 0.25) is 0 Å². The summed E-state index contributed by atoms with van der Waals surface area (Å²) in [5.74, 6) is 0.0251. The van der Waals surface area contributed by atoms with E-state index in [9.17, 15) is 9.90 Å². The van der Waals surface area contributed by atoms with Gasteiger partial charge in [0.1, 0.15) is 0 Å². The monoisotopic (exact) mass is 389 g/mol. The maximum atomic E-state index is 13.2. The first-order chi connectivity index (χ1) is 14.2. The molecule has 150 valence electrons. The third-order valence-corrected chi connectivity index (χ3v) is 5.99. The maximum absolute atomic E-state index is 13.2. The van der Waals surface area contributed by atoms with Crippen LogP contribution in [0, 0.1) is 0 Å². The Balaban J connectivity index is 1.44. The zero-order chi connectivity index (χ0) is 20.1. The summed E-state index contributed by atoms with van der Waals surface area (Å²) in [6.45, 7) is 1.60. The van der Waals surface area contributed by atoms with Crippen LogP contribution < -0.4 is 5.32 Å². The molecular weight excluding hydrogens is 362 g/mol. The molecule has 0 radical (unpaired) electrons. The highest BCUT2D eigenvalue weighted by molar-refractivity contribution is 5.88. The molecule has 1 aliphatic rings. The van der Waals surface area contributed by atoms with Gasteiger partial charge in [0.15, 0.2) is 0 Å². The lowest BCUT2D eigenvalue weighted by molar-refractivity contribution is -0.130. The number of hydrogen-bond acceptors (Lipinski definition) is 3. The molecule has 0 aliphatic carbocycles. The van der Waals surface area contributed by atoms with Crippen LogP contribution in [0.5, 0.6) is 0 Å². The average molecular weight is 389 g/mol. The molecular formula is C25H27NO3. The van der Waals surface area contributed by atoms with E-state index in [4.69, 9.17) is 4.74 Å². The fourth-order valence-electron chi connectivity index (χ4n) is 4.31. The summed E-state index contributed by atoms with van der Waals surface area (Å²) >= 11 is 0. The van der Waals surface area contributed by atoms with Crippen LogP contribution >= 0.6 is 0 Å². The number of nitrogens with one attached hydrogen (secondary N) is 1. The maximum Gasteiger partial charge on any atom is 0.230 e. The van der Waals surface area contributed by atoms with Gasteiger partial charge in [0.2, 0.25) is 5.91 Å². The Morgan fingerprint density at radius 3 is 2.45 bits per heavy atom. The molecule has 1 amide bonds. The standard InChI is InChI=1S/C25H27NO3/c27-23(22-12-6-8-19-7-4-5-11-21(19)22)13-16-26-24(28)25(14-17-29-18-15-25)20-9-2-1-3-10-20/h1-12,23,27H,13-18H2,(H,26,28). The van der Waals surface area contributed by atoms with E-state index < -0.39 is 11.5 Å². The van der Waals surface area contributed by atoms with Crippen LogP contribution in [-0.4, -0.2) is 30.8 Å². The average Bonchev–Trinajstić information content (AvgIpc) is 2.79. The zero-order valence-electron chi connectivity index (χ0n) is 16.5. The van der Waals surface area contributed by atoms with Gasteiger partial charge in [-0.3, -0.25) is 4.79 Å². The molecule has 1 heterocycles. The fourth-order valence-corrected chi connectivity index (χ4v) is 4.31. The third-order valence-electron chi connectivity index (χ3n) is 5.99. The predicted octanol–water partition coefficient (Wildman–Crippen LogP) is 4.13. The van der Waals surface area contributed by atoms with Gasteiger partial charge in [0.25, 0.3) is 0 Å². The van der Waals surface area contributed by atoms with Gasteiger partial charge < -0.3 is 15.2 Å². The highest BCUT2D eigenvalue weighted by atomic mass is 16.5. The smallest absolute Gasteiger partial charge is 0.230 e. The first-order valence-electron chi connectivity index (χ1n) is 10.3. The van der Waals surface area contributed by atoms with Crippen molar-refractivity contribution in [2.75, 3.05) is 19.8 Å². The van der Waals surface area contributed by atoms with Crippen molar-refractivity contribution in [3.8, 4) is 0 Å². The largest absolute Gasteiger partial charge is 0.388 e. The van der Waals surface area contributed by atoms with Gasteiger partial charge in [-0.25, -0.2) is 0 Å². The number of carbonyl (C=O) groups excluding carboxylic acids is 1. The molecule has 1 saturated heterocycles. The lowest BCUT2D eigenvalue weighted by atomic mass is 9.73. The van der Waals surface area contributed by atoms with Crippen molar-refractivity contribution in [3.05, 3.63) is 83.9 Å². The molecule has 3 aromatic carbocycles. The Bertz CT molecular complexity index is 959. The molecule has 29 heavy (non-hydrogen) atoms. The van der Waals surface area contributed by atoms with E-state index >= 15 is 0 Å². The van der Waals surface area contributed by atoms with Crippen LogP contribution in [0.25, 0.3) is 10.8 Å². The summed E-state index contributed by atoms with van der Waals surface area (Å²) < 4.78 is 5.52. The van der Waals surface area contributed by atoms with Gasteiger partial charge in [0, 0.05) is 19.8 Å². The molecule has 1 aliphatic heterocycles. The molecule has 4 nitrogen and oxygen atoms in total. The number of fused-ring (bicyclic) bond motifs is 1. The Hall–Kier alpha value is -2.69. The van der Waals surface area contributed by atoms with Crippen LogP contribution in [0.4, 0.5) is 0 Å². The van der Waals surface area contributed by atoms with Crippen LogP contribution in [0.15, 0.2) is 72.8 Å². The van der Waals surface area contributed by atoms with E-state index in [0.717, 1.165) is 21.9 Å². The molecule has 4 rings (SSSR count). The zero-order valence-corrected chi connectivity index (χ0v) is 16.5. The Morgan fingerprint density at radius 2 is 1.66 bits per heavy atom. The van der Waals surface area contributed by atoms with Crippen molar-refractivity contribution < 1.29 is 14.6 Å². The molecule has 2 N–H and O–H groups in total. The second-order valence-electron chi connectivity index (χ2n) is 7.69. The number of carbonyl (C=O) groups is 1. The van der Waals surface area contributed by atoms with Gasteiger partial charge in [-0.15, -0.1) is 0 Å². The first kappa shape index (κ1) is 19.6. The quantitative estimate of drug-likeness (QED) is 0.667. The van der Waals surface area contributed by atoms with E-state index in [0.29, 0.717) is 39.0 Å². The summed E-state index contributed by atoms with van der Waals surface area (Å²) in [5.41, 5.74) is 1.39. The molecule has 4 heteroatoms. The molecule has 1 unspecified atom stereocenters. The predicted molar refractivity (Wildman–Crippen MR) is 115 cm³/mol. The molecule has 3 aromatic rings. The highest BCUT2D eigenvalue weighted by Crippen LogP contribution is 2.35. The van der Waals surface area contributed by atoms with Gasteiger partial charge in [-0.05, 0) is 41.2 Å². The number of rotatable bonds is 6. The normalized spacial score (nSPS) is 17.0. The summed E-state index contributed by atoms with van der Waals surface area (Å²) in [4.78, 5) is 13.2. The number of aliphatic hydroxyl groups excluding tert-OH is 1. The lowest BCUT2D eigenvalue weighted by Crippen LogP contribution is -2.48. The molecule has 0 saturated carbocycles. The van der Waals surface area contributed by atoms with Gasteiger partial charge in [-0.1, -0.05) is 72.8 Å². The lowest BCUT2D eigenvalue weighted by Gasteiger charge is -2.36. The Kier molecular flexibility index (Phi) is 5.93. The molecule has 0 bridgehead atoms.